The molecule has 0 saturated carbocycles. The quantitative estimate of drug-likeness (QED) is 0.817. The molecular formula is C14H17NO3. The number of rotatable bonds is 4. The molecule has 4 heteroatoms. The van der Waals surface area contributed by atoms with Crippen LogP contribution < -0.4 is 5.32 Å². The highest BCUT2D eigenvalue weighted by atomic mass is 16.5. The molecule has 1 fully saturated rings. The molecule has 96 valence electrons. The summed E-state index contributed by atoms with van der Waals surface area (Å²) in [6.07, 6.45) is 1.66. The van der Waals surface area contributed by atoms with Gasteiger partial charge < -0.3 is 10.1 Å². The number of hydrogen-bond acceptors (Lipinski definition) is 3. The Morgan fingerprint density at radius 1 is 1.50 bits per heavy atom. The Morgan fingerprint density at radius 3 is 3.00 bits per heavy atom. The highest BCUT2D eigenvalue weighted by Crippen LogP contribution is 2.08. The Kier molecular flexibility index (Phi) is 3.97. The van der Waals surface area contributed by atoms with Crippen molar-refractivity contribution in [2.75, 3.05) is 6.61 Å². The first-order chi connectivity index (χ1) is 8.65. The molecule has 4 nitrogen and oxygen atoms in total. The Balaban J connectivity index is 1.79. The van der Waals surface area contributed by atoms with Crippen molar-refractivity contribution >= 4 is 11.9 Å². The number of hydrogen-bond donors (Lipinski definition) is 1. The van der Waals surface area contributed by atoms with Crippen molar-refractivity contribution in [3.05, 3.63) is 35.4 Å². The molecule has 1 aromatic rings. The molecule has 1 aromatic carbocycles. The lowest BCUT2D eigenvalue weighted by Gasteiger charge is -2.08. The molecule has 0 spiro atoms. The smallest absolute Gasteiger partial charge is 0.328 e. The largest absolute Gasteiger partial charge is 0.464 e. The van der Waals surface area contributed by atoms with Gasteiger partial charge in [0.15, 0.2) is 0 Å². The number of cyclic esters (lactones) is 1. The third kappa shape index (κ3) is 3.32. The fourth-order valence-electron chi connectivity index (χ4n) is 2.02. The summed E-state index contributed by atoms with van der Waals surface area (Å²) in [7, 11) is 0. The molecule has 1 heterocycles. The van der Waals surface area contributed by atoms with Crippen LogP contribution in [0.1, 0.15) is 24.0 Å². The van der Waals surface area contributed by atoms with Crippen LogP contribution in [-0.2, 0) is 20.7 Å². The summed E-state index contributed by atoms with van der Waals surface area (Å²) < 4.78 is 4.79. The van der Waals surface area contributed by atoms with Crippen LogP contribution in [-0.4, -0.2) is 24.5 Å². The number of carbonyl (C=O) groups excluding carboxylic acids is 2. The van der Waals surface area contributed by atoms with E-state index in [1.807, 2.05) is 25.1 Å². The second-order valence-corrected chi connectivity index (χ2v) is 4.57. The van der Waals surface area contributed by atoms with Gasteiger partial charge >= 0.3 is 5.97 Å². The summed E-state index contributed by atoms with van der Waals surface area (Å²) in [4.78, 5) is 22.9. The van der Waals surface area contributed by atoms with Crippen LogP contribution in [0.5, 0.6) is 0 Å². The van der Waals surface area contributed by atoms with Crippen molar-refractivity contribution in [2.45, 2.75) is 32.2 Å². The van der Waals surface area contributed by atoms with Gasteiger partial charge in [-0.25, -0.2) is 4.79 Å². The first-order valence-corrected chi connectivity index (χ1v) is 6.17. The molecule has 1 amide bonds. The summed E-state index contributed by atoms with van der Waals surface area (Å²) in [5.74, 6) is -0.417. The minimum atomic E-state index is -0.449. The van der Waals surface area contributed by atoms with Gasteiger partial charge in [-0.3, -0.25) is 4.79 Å². The minimum Gasteiger partial charge on any atom is -0.464 e. The van der Waals surface area contributed by atoms with Crippen molar-refractivity contribution in [3.63, 3.8) is 0 Å². The monoisotopic (exact) mass is 247 g/mol. The van der Waals surface area contributed by atoms with Gasteiger partial charge in [0, 0.05) is 12.8 Å². The first kappa shape index (κ1) is 12.6. The highest BCUT2D eigenvalue weighted by Gasteiger charge is 2.27. The van der Waals surface area contributed by atoms with Crippen molar-refractivity contribution < 1.29 is 14.3 Å². The second kappa shape index (κ2) is 5.67. The molecule has 1 N–H and O–H groups in total. The molecule has 1 aliphatic heterocycles. The maximum Gasteiger partial charge on any atom is 0.328 e. The van der Waals surface area contributed by atoms with Crippen LogP contribution in [0.2, 0.25) is 0 Å². The van der Waals surface area contributed by atoms with Gasteiger partial charge in [-0.2, -0.15) is 0 Å². The van der Waals surface area contributed by atoms with Crippen molar-refractivity contribution in [2.24, 2.45) is 0 Å². The molecule has 2 rings (SSSR count). The van der Waals surface area contributed by atoms with Gasteiger partial charge in [0.25, 0.3) is 0 Å². The molecule has 1 aliphatic rings. The van der Waals surface area contributed by atoms with Crippen molar-refractivity contribution in [1.82, 2.24) is 5.32 Å². The molecule has 0 bridgehead atoms. The van der Waals surface area contributed by atoms with E-state index in [1.54, 1.807) is 0 Å². The third-order valence-corrected chi connectivity index (χ3v) is 2.99. The SMILES string of the molecule is Cc1cccc(CCC(=O)N[C@H]2CCOC2=O)c1. The van der Waals surface area contributed by atoms with E-state index in [9.17, 15) is 9.59 Å². The molecular weight excluding hydrogens is 230 g/mol. The lowest BCUT2D eigenvalue weighted by Crippen LogP contribution is -2.37. The van der Waals surface area contributed by atoms with Gasteiger partial charge in [0.1, 0.15) is 6.04 Å². The predicted molar refractivity (Wildman–Crippen MR) is 67.0 cm³/mol. The molecule has 0 aliphatic carbocycles. The Bertz CT molecular complexity index is 456. The van der Waals surface area contributed by atoms with E-state index in [1.165, 1.54) is 5.56 Å². The van der Waals surface area contributed by atoms with E-state index in [0.717, 1.165) is 5.56 Å². The lowest BCUT2D eigenvalue weighted by atomic mass is 10.1. The summed E-state index contributed by atoms with van der Waals surface area (Å²) in [5.41, 5.74) is 2.33. The predicted octanol–water partition coefficient (Wildman–Crippen LogP) is 1.36. The van der Waals surface area contributed by atoms with Gasteiger partial charge in [-0.05, 0) is 18.9 Å². The van der Waals surface area contributed by atoms with Crippen molar-refractivity contribution in [1.29, 1.82) is 0 Å². The maximum atomic E-state index is 11.7. The maximum absolute atomic E-state index is 11.7. The fourth-order valence-corrected chi connectivity index (χ4v) is 2.02. The van der Waals surface area contributed by atoms with E-state index in [0.29, 0.717) is 25.9 Å². The Hall–Kier alpha value is -1.84. The normalized spacial score (nSPS) is 18.5. The van der Waals surface area contributed by atoms with Crippen LogP contribution >= 0.6 is 0 Å². The summed E-state index contributed by atoms with van der Waals surface area (Å²) in [6, 6.07) is 7.63. The average Bonchev–Trinajstić information content (AvgIpc) is 2.73. The van der Waals surface area contributed by atoms with E-state index in [2.05, 4.69) is 11.4 Å². The summed E-state index contributed by atoms with van der Waals surface area (Å²) in [5, 5.41) is 2.70. The van der Waals surface area contributed by atoms with Gasteiger partial charge in [-0.1, -0.05) is 29.8 Å². The minimum absolute atomic E-state index is 0.0969. The standard InChI is InChI=1S/C14H17NO3/c1-10-3-2-4-11(9-10)5-6-13(16)15-12-7-8-18-14(12)17/h2-4,9,12H,5-8H2,1H3,(H,15,16)/t12-/m0/s1. The van der Waals surface area contributed by atoms with Crippen LogP contribution in [0.15, 0.2) is 24.3 Å². The van der Waals surface area contributed by atoms with Crippen molar-refractivity contribution in [3.8, 4) is 0 Å². The van der Waals surface area contributed by atoms with Gasteiger partial charge in [0.2, 0.25) is 5.91 Å². The number of carbonyl (C=O) groups is 2. The highest BCUT2D eigenvalue weighted by molar-refractivity contribution is 5.85. The van der Waals surface area contributed by atoms with E-state index < -0.39 is 6.04 Å². The summed E-state index contributed by atoms with van der Waals surface area (Å²) in [6.45, 7) is 2.43. The number of amides is 1. The average molecular weight is 247 g/mol. The third-order valence-electron chi connectivity index (χ3n) is 2.99. The Labute approximate surface area is 106 Å². The number of aryl methyl sites for hydroxylation is 2. The topological polar surface area (TPSA) is 55.4 Å². The molecule has 0 radical (unpaired) electrons. The van der Waals surface area contributed by atoms with E-state index >= 15 is 0 Å². The molecule has 18 heavy (non-hydrogen) atoms. The summed E-state index contributed by atoms with van der Waals surface area (Å²) >= 11 is 0. The lowest BCUT2D eigenvalue weighted by molar-refractivity contribution is -0.141. The zero-order chi connectivity index (χ0) is 13.0. The van der Waals surface area contributed by atoms with E-state index in [-0.39, 0.29) is 11.9 Å². The van der Waals surface area contributed by atoms with Gasteiger partial charge in [0.05, 0.1) is 6.61 Å². The molecule has 0 aromatic heterocycles. The zero-order valence-electron chi connectivity index (χ0n) is 10.4. The number of ether oxygens (including phenoxy) is 1. The van der Waals surface area contributed by atoms with E-state index in [4.69, 9.17) is 4.74 Å². The number of benzene rings is 1. The van der Waals surface area contributed by atoms with Crippen LogP contribution in [0.3, 0.4) is 0 Å². The zero-order valence-corrected chi connectivity index (χ0v) is 10.4. The Morgan fingerprint density at radius 2 is 2.33 bits per heavy atom. The number of nitrogens with one attached hydrogen (secondary N) is 1. The first-order valence-electron chi connectivity index (χ1n) is 6.17. The molecule has 1 saturated heterocycles. The molecule has 1 atom stereocenters. The molecule has 0 unspecified atom stereocenters. The van der Waals surface area contributed by atoms with Crippen LogP contribution in [0.4, 0.5) is 0 Å². The number of esters is 1. The van der Waals surface area contributed by atoms with Crippen LogP contribution in [0, 0.1) is 6.92 Å². The second-order valence-electron chi connectivity index (χ2n) is 4.57. The van der Waals surface area contributed by atoms with Crippen LogP contribution in [0.25, 0.3) is 0 Å². The van der Waals surface area contributed by atoms with Gasteiger partial charge in [-0.15, -0.1) is 0 Å². The fraction of sp³-hybridized carbons (Fsp3) is 0.429.